The normalized spacial score (nSPS) is 11.4. The summed E-state index contributed by atoms with van der Waals surface area (Å²) in [7, 11) is 0. The standard InChI is InChI=1S/C23H18ClN5O/c1-14-8-15(2)10-17(9-14)29-22-19(11-27-29)23(30)28(13-26-22)12-16-5-6-20(24)18-4-3-7-25-21(16)18/h3-11,13H,12H2,1-2H3. The molecular formula is C23H18ClN5O. The van der Waals surface area contributed by atoms with Gasteiger partial charge in [0, 0.05) is 16.6 Å². The van der Waals surface area contributed by atoms with Crippen LogP contribution in [0.2, 0.25) is 5.02 Å². The first-order chi connectivity index (χ1) is 14.5. The van der Waals surface area contributed by atoms with Gasteiger partial charge < -0.3 is 0 Å². The SMILES string of the molecule is Cc1cc(C)cc(-n2ncc3c(=O)n(Cc4ccc(Cl)c5cccnc45)cnc32)c1. The number of rotatable bonds is 3. The maximum absolute atomic E-state index is 13.1. The second-order valence-corrected chi connectivity index (χ2v) is 7.83. The molecule has 2 aromatic carbocycles. The minimum absolute atomic E-state index is 0.144. The lowest BCUT2D eigenvalue weighted by molar-refractivity contribution is 0.748. The van der Waals surface area contributed by atoms with Crippen LogP contribution in [0.5, 0.6) is 0 Å². The third-order valence-electron chi connectivity index (χ3n) is 5.15. The molecule has 0 bridgehead atoms. The first kappa shape index (κ1) is 18.5. The summed E-state index contributed by atoms with van der Waals surface area (Å²) in [4.78, 5) is 22.1. The summed E-state index contributed by atoms with van der Waals surface area (Å²) in [5.41, 5.74) is 5.23. The van der Waals surface area contributed by atoms with Crippen molar-refractivity contribution in [3.8, 4) is 5.69 Å². The molecule has 3 heterocycles. The molecule has 6 nitrogen and oxygen atoms in total. The van der Waals surface area contributed by atoms with Crippen LogP contribution >= 0.6 is 11.6 Å². The van der Waals surface area contributed by atoms with Crippen molar-refractivity contribution in [2.75, 3.05) is 0 Å². The summed E-state index contributed by atoms with van der Waals surface area (Å²) in [5, 5.41) is 6.40. The van der Waals surface area contributed by atoms with E-state index in [1.165, 1.54) is 0 Å². The van der Waals surface area contributed by atoms with E-state index in [1.54, 1.807) is 28.0 Å². The summed E-state index contributed by atoms with van der Waals surface area (Å²) >= 11 is 6.29. The Kier molecular flexibility index (Phi) is 4.37. The van der Waals surface area contributed by atoms with Gasteiger partial charge >= 0.3 is 0 Å². The van der Waals surface area contributed by atoms with Crippen molar-refractivity contribution in [2.24, 2.45) is 0 Å². The lowest BCUT2D eigenvalue weighted by atomic mass is 10.1. The predicted molar refractivity (Wildman–Crippen MR) is 118 cm³/mol. The van der Waals surface area contributed by atoms with E-state index < -0.39 is 0 Å². The average Bonchev–Trinajstić information content (AvgIpc) is 3.16. The highest BCUT2D eigenvalue weighted by Gasteiger charge is 2.13. The number of aryl methyl sites for hydroxylation is 2. The smallest absolute Gasteiger partial charge is 0.264 e. The van der Waals surface area contributed by atoms with E-state index in [-0.39, 0.29) is 5.56 Å². The number of aromatic nitrogens is 5. The number of fused-ring (bicyclic) bond motifs is 2. The Morgan fingerprint density at radius 3 is 2.60 bits per heavy atom. The minimum Gasteiger partial charge on any atom is -0.294 e. The predicted octanol–water partition coefficient (Wildman–Crippen LogP) is 4.45. The molecule has 0 fully saturated rings. The zero-order chi connectivity index (χ0) is 20.8. The number of hydrogen-bond donors (Lipinski definition) is 0. The van der Waals surface area contributed by atoms with Gasteiger partial charge in [-0.1, -0.05) is 23.7 Å². The third-order valence-corrected chi connectivity index (χ3v) is 5.48. The summed E-state index contributed by atoms with van der Waals surface area (Å²) in [6, 6.07) is 13.6. The molecule has 7 heteroatoms. The van der Waals surface area contributed by atoms with Crippen LogP contribution in [0.1, 0.15) is 16.7 Å². The monoisotopic (exact) mass is 415 g/mol. The summed E-state index contributed by atoms with van der Waals surface area (Å²) in [6.07, 6.45) is 4.87. The summed E-state index contributed by atoms with van der Waals surface area (Å²) < 4.78 is 3.29. The first-order valence-corrected chi connectivity index (χ1v) is 9.93. The molecule has 0 spiro atoms. The van der Waals surface area contributed by atoms with Crippen molar-refractivity contribution in [1.29, 1.82) is 0 Å². The van der Waals surface area contributed by atoms with Gasteiger partial charge in [0.25, 0.3) is 5.56 Å². The minimum atomic E-state index is -0.144. The molecule has 0 aliphatic rings. The molecule has 0 aliphatic carbocycles. The Bertz CT molecular complexity index is 1460. The number of hydrogen-bond acceptors (Lipinski definition) is 4. The zero-order valence-corrected chi connectivity index (χ0v) is 17.3. The molecule has 5 aromatic rings. The Hall–Kier alpha value is -3.51. The second-order valence-electron chi connectivity index (χ2n) is 7.42. The van der Waals surface area contributed by atoms with Crippen molar-refractivity contribution in [3.05, 3.63) is 93.3 Å². The van der Waals surface area contributed by atoms with Crippen LogP contribution in [0.25, 0.3) is 27.6 Å². The Morgan fingerprint density at radius 2 is 1.80 bits per heavy atom. The van der Waals surface area contributed by atoms with E-state index in [0.717, 1.165) is 33.3 Å². The quantitative estimate of drug-likeness (QED) is 0.436. The molecular weight excluding hydrogens is 398 g/mol. The highest BCUT2D eigenvalue weighted by molar-refractivity contribution is 6.35. The molecule has 0 radical (unpaired) electrons. The molecule has 0 amide bonds. The summed E-state index contributed by atoms with van der Waals surface area (Å²) in [6.45, 7) is 4.42. The maximum Gasteiger partial charge on any atom is 0.264 e. The van der Waals surface area contributed by atoms with E-state index in [1.807, 2.05) is 50.2 Å². The molecule has 3 aromatic heterocycles. The van der Waals surface area contributed by atoms with E-state index in [0.29, 0.717) is 22.6 Å². The number of pyridine rings is 1. The highest BCUT2D eigenvalue weighted by atomic mass is 35.5. The third kappa shape index (κ3) is 3.06. The van der Waals surface area contributed by atoms with E-state index in [4.69, 9.17) is 11.6 Å². The van der Waals surface area contributed by atoms with Crippen LogP contribution in [0.3, 0.4) is 0 Å². The Labute approximate surface area is 177 Å². The summed E-state index contributed by atoms with van der Waals surface area (Å²) in [5.74, 6) is 0. The van der Waals surface area contributed by atoms with Gasteiger partial charge in [0.05, 0.1) is 23.9 Å². The maximum atomic E-state index is 13.1. The van der Waals surface area contributed by atoms with E-state index >= 15 is 0 Å². The first-order valence-electron chi connectivity index (χ1n) is 9.55. The van der Waals surface area contributed by atoms with Gasteiger partial charge in [-0.05, 0) is 60.9 Å². The van der Waals surface area contributed by atoms with Gasteiger partial charge in [-0.15, -0.1) is 0 Å². The van der Waals surface area contributed by atoms with Crippen LogP contribution in [-0.4, -0.2) is 24.3 Å². The van der Waals surface area contributed by atoms with Crippen molar-refractivity contribution >= 4 is 33.5 Å². The fourth-order valence-corrected chi connectivity index (χ4v) is 4.05. The molecule has 0 unspecified atom stereocenters. The van der Waals surface area contributed by atoms with E-state index in [9.17, 15) is 4.79 Å². The lowest BCUT2D eigenvalue weighted by Crippen LogP contribution is -2.21. The number of benzene rings is 2. The van der Waals surface area contributed by atoms with Crippen molar-refractivity contribution in [2.45, 2.75) is 20.4 Å². The molecule has 0 saturated heterocycles. The molecule has 148 valence electrons. The van der Waals surface area contributed by atoms with Crippen LogP contribution in [0, 0.1) is 13.8 Å². The van der Waals surface area contributed by atoms with Gasteiger partial charge in [0.2, 0.25) is 0 Å². The van der Waals surface area contributed by atoms with Crippen LogP contribution in [0.15, 0.2) is 66.0 Å². The molecule has 30 heavy (non-hydrogen) atoms. The van der Waals surface area contributed by atoms with Crippen molar-refractivity contribution < 1.29 is 0 Å². The fraction of sp³-hybridized carbons (Fsp3) is 0.130. The van der Waals surface area contributed by atoms with Gasteiger partial charge in [-0.25, -0.2) is 9.67 Å². The topological polar surface area (TPSA) is 65.6 Å². The second kappa shape index (κ2) is 7.07. The molecule has 5 rings (SSSR count). The molecule has 0 atom stereocenters. The Balaban J connectivity index is 1.61. The number of nitrogens with zero attached hydrogens (tertiary/aromatic N) is 5. The lowest BCUT2D eigenvalue weighted by Gasteiger charge is -2.10. The largest absolute Gasteiger partial charge is 0.294 e. The average molecular weight is 416 g/mol. The van der Waals surface area contributed by atoms with Crippen molar-refractivity contribution in [3.63, 3.8) is 0 Å². The molecule has 0 aliphatic heterocycles. The Morgan fingerprint density at radius 1 is 1.00 bits per heavy atom. The molecule has 0 saturated carbocycles. The van der Waals surface area contributed by atoms with Gasteiger partial charge in [-0.2, -0.15) is 5.10 Å². The van der Waals surface area contributed by atoms with E-state index in [2.05, 4.69) is 21.1 Å². The van der Waals surface area contributed by atoms with Gasteiger partial charge in [0.1, 0.15) is 11.7 Å². The van der Waals surface area contributed by atoms with Crippen LogP contribution < -0.4 is 5.56 Å². The van der Waals surface area contributed by atoms with Gasteiger partial charge in [0.15, 0.2) is 5.65 Å². The van der Waals surface area contributed by atoms with Gasteiger partial charge in [-0.3, -0.25) is 14.3 Å². The fourth-order valence-electron chi connectivity index (χ4n) is 3.83. The molecule has 0 N–H and O–H groups in total. The van der Waals surface area contributed by atoms with Crippen LogP contribution in [0.4, 0.5) is 0 Å². The number of halogens is 1. The van der Waals surface area contributed by atoms with Crippen LogP contribution in [-0.2, 0) is 6.54 Å². The van der Waals surface area contributed by atoms with Crippen molar-refractivity contribution in [1.82, 2.24) is 24.3 Å². The highest BCUT2D eigenvalue weighted by Crippen LogP contribution is 2.25. The zero-order valence-electron chi connectivity index (χ0n) is 16.5.